The quantitative estimate of drug-likeness (QED) is 0.461. The number of hydrogen-bond donors (Lipinski definition) is 0. The van der Waals surface area contributed by atoms with E-state index in [9.17, 15) is 9.59 Å². The van der Waals surface area contributed by atoms with Crippen LogP contribution in [0.4, 0.5) is 5.69 Å². The molecule has 1 aliphatic rings. The minimum absolute atomic E-state index is 0.300. The van der Waals surface area contributed by atoms with E-state index in [-0.39, 0.29) is 5.78 Å². The van der Waals surface area contributed by atoms with Gasteiger partial charge < -0.3 is 9.64 Å². The predicted molar refractivity (Wildman–Crippen MR) is 72.4 cm³/mol. The summed E-state index contributed by atoms with van der Waals surface area (Å²) in [6.45, 7) is 5.32. The van der Waals surface area contributed by atoms with Crippen LogP contribution >= 0.6 is 0 Å². The predicted octanol–water partition coefficient (Wildman–Crippen LogP) is 1.88. The van der Waals surface area contributed by atoms with Crippen molar-refractivity contribution >= 4 is 17.4 Å². The Morgan fingerprint density at radius 1 is 1.53 bits per heavy atom. The normalized spacial score (nSPS) is 20.8. The number of rotatable bonds is 2. The zero-order chi connectivity index (χ0) is 14.2. The first kappa shape index (κ1) is 13.1. The maximum absolute atomic E-state index is 12.7. The van der Waals surface area contributed by atoms with Crippen molar-refractivity contribution in [3.8, 4) is 0 Å². The molecule has 1 unspecified atom stereocenters. The molecule has 0 saturated carbocycles. The summed E-state index contributed by atoms with van der Waals surface area (Å²) in [5, 5.41) is 0. The molecule has 2 rings (SSSR count). The highest BCUT2D eigenvalue weighted by Crippen LogP contribution is 2.40. The van der Waals surface area contributed by atoms with Crippen LogP contribution in [0.5, 0.6) is 0 Å². The van der Waals surface area contributed by atoms with Crippen LogP contribution in [0, 0.1) is 6.92 Å². The molecular formula is C15H15NO3. The Bertz CT molecular complexity index is 614. The number of carbonyl (C=O) groups excluding carboxylic acids is 2. The molecule has 1 aromatic carbocycles. The lowest BCUT2D eigenvalue weighted by Crippen LogP contribution is -2.54. The average Bonchev–Trinajstić information content (AvgIpc) is 2.62. The third kappa shape index (κ3) is 1.54. The highest BCUT2D eigenvalue weighted by Gasteiger charge is 2.55. The SMILES string of the molecule is C=C=CC1(C(=O)OC)C(=O)c2c(C)cccc2N1C. The fourth-order valence-corrected chi connectivity index (χ4v) is 2.51. The fourth-order valence-electron chi connectivity index (χ4n) is 2.51. The topological polar surface area (TPSA) is 46.6 Å². The Morgan fingerprint density at radius 2 is 2.21 bits per heavy atom. The largest absolute Gasteiger partial charge is 0.467 e. The second-order valence-corrected chi connectivity index (χ2v) is 4.46. The minimum atomic E-state index is -1.50. The van der Waals surface area contributed by atoms with Gasteiger partial charge in [-0.1, -0.05) is 18.7 Å². The second kappa shape index (κ2) is 4.41. The lowest BCUT2D eigenvalue weighted by atomic mass is 9.91. The summed E-state index contributed by atoms with van der Waals surface area (Å²) < 4.78 is 4.80. The van der Waals surface area contributed by atoms with Gasteiger partial charge in [-0.3, -0.25) is 4.79 Å². The standard InChI is InChI=1S/C15H15NO3/c1-5-9-15(14(18)19-4)13(17)12-10(2)7-6-8-11(12)16(15)3/h6-9H,1H2,2-4H3. The number of nitrogens with zero attached hydrogens (tertiary/aromatic N) is 1. The third-order valence-corrected chi connectivity index (χ3v) is 3.52. The molecule has 1 atom stereocenters. The zero-order valence-electron chi connectivity index (χ0n) is 11.2. The number of anilines is 1. The number of Topliss-reactive ketones (excluding diaryl/α,β-unsaturated/α-hetero) is 1. The van der Waals surface area contributed by atoms with Crippen molar-refractivity contribution in [1.82, 2.24) is 0 Å². The molecule has 0 amide bonds. The van der Waals surface area contributed by atoms with Crippen LogP contribution in [0.1, 0.15) is 15.9 Å². The van der Waals surface area contributed by atoms with Gasteiger partial charge in [-0.2, -0.15) is 0 Å². The van der Waals surface area contributed by atoms with Gasteiger partial charge in [0, 0.05) is 24.4 Å². The van der Waals surface area contributed by atoms with Crippen molar-refractivity contribution in [2.75, 3.05) is 19.1 Å². The molecule has 0 aromatic heterocycles. The molecule has 0 spiro atoms. The van der Waals surface area contributed by atoms with Crippen LogP contribution in [-0.2, 0) is 9.53 Å². The maximum Gasteiger partial charge on any atom is 0.344 e. The number of ether oxygens (including phenoxy) is 1. The summed E-state index contributed by atoms with van der Waals surface area (Å²) in [5.74, 6) is -0.933. The van der Waals surface area contributed by atoms with Crippen LogP contribution in [-0.4, -0.2) is 31.4 Å². The van der Waals surface area contributed by atoms with Gasteiger partial charge in [-0.05, 0) is 18.6 Å². The van der Waals surface area contributed by atoms with Gasteiger partial charge in [0.15, 0.2) is 0 Å². The number of esters is 1. The Hall–Kier alpha value is -2.32. The Balaban J connectivity index is 2.75. The molecule has 0 bridgehead atoms. The molecular weight excluding hydrogens is 242 g/mol. The molecule has 0 N–H and O–H groups in total. The lowest BCUT2D eigenvalue weighted by molar-refractivity contribution is -0.143. The highest BCUT2D eigenvalue weighted by molar-refractivity contribution is 6.27. The number of fused-ring (bicyclic) bond motifs is 1. The van der Waals surface area contributed by atoms with Gasteiger partial charge in [0.05, 0.1) is 7.11 Å². The second-order valence-electron chi connectivity index (χ2n) is 4.46. The molecule has 0 saturated heterocycles. The van der Waals surface area contributed by atoms with Crippen LogP contribution in [0.3, 0.4) is 0 Å². The number of benzene rings is 1. The smallest absolute Gasteiger partial charge is 0.344 e. The van der Waals surface area contributed by atoms with E-state index in [1.54, 1.807) is 11.9 Å². The van der Waals surface area contributed by atoms with Crippen molar-refractivity contribution in [3.05, 3.63) is 47.7 Å². The summed E-state index contributed by atoms with van der Waals surface area (Å²) in [4.78, 5) is 26.5. The van der Waals surface area contributed by atoms with Gasteiger partial charge in [0.2, 0.25) is 11.3 Å². The molecule has 0 aliphatic carbocycles. The van der Waals surface area contributed by atoms with E-state index >= 15 is 0 Å². The van der Waals surface area contributed by atoms with E-state index in [4.69, 9.17) is 4.74 Å². The first-order valence-electron chi connectivity index (χ1n) is 5.84. The first-order valence-corrected chi connectivity index (χ1v) is 5.84. The lowest BCUT2D eigenvalue weighted by Gasteiger charge is -2.29. The molecule has 0 radical (unpaired) electrons. The summed E-state index contributed by atoms with van der Waals surface area (Å²) in [5.41, 5.74) is 3.13. The van der Waals surface area contributed by atoms with E-state index in [1.165, 1.54) is 13.2 Å². The van der Waals surface area contributed by atoms with Gasteiger partial charge in [0.1, 0.15) is 0 Å². The van der Waals surface area contributed by atoms with E-state index in [2.05, 4.69) is 12.3 Å². The minimum Gasteiger partial charge on any atom is -0.467 e. The van der Waals surface area contributed by atoms with Crippen molar-refractivity contribution in [2.24, 2.45) is 0 Å². The van der Waals surface area contributed by atoms with Crippen LogP contribution in [0.15, 0.2) is 36.6 Å². The molecule has 1 heterocycles. The van der Waals surface area contributed by atoms with Gasteiger partial charge in [-0.15, -0.1) is 5.73 Å². The molecule has 0 fully saturated rings. The van der Waals surface area contributed by atoms with Gasteiger partial charge in [0.25, 0.3) is 0 Å². The molecule has 98 valence electrons. The molecule has 4 nitrogen and oxygen atoms in total. The fraction of sp³-hybridized carbons (Fsp3) is 0.267. The molecule has 1 aromatic rings. The molecule has 1 aliphatic heterocycles. The number of methoxy groups -OCH3 is 1. The van der Waals surface area contributed by atoms with Crippen molar-refractivity contribution < 1.29 is 14.3 Å². The molecule has 4 heteroatoms. The van der Waals surface area contributed by atoms with E-state index in [0.717, 1.165) is 5.56 Å². The summed E-state index contributed by atoms with van der Waals surface area (Å²) in [6, 6.07) is 5.50. The van der Waals surface area contributed by atoms with Gasteiger partial charge in [-0.25, -0.2) is 4.79 Å². The number of hydrogen-bond acceptors (Lipinski definition) is 4. The third-order valence-electron chi connectivity index (χ3n) is 3.52. The summed E-state index contributed by atoms with van der Waals surface area (Å²) in [7, 11) is 2.95. The molecule has 19 heavy (non-hydrogen) atoms. The van der Waals surface area contributed by atoms with Gasteiger partial charge >= 0.3 is 5.97 Å². The van der Waals surface area contributed by atoms with Crippen molar-refractivity contribution in [2.45, 2.75) is 12.5 Å². The van der Waals surface area contributed by atoms with Crippen LogP contribution in [0.25, 0.3) is 0 Å². The van der Waals surface area contributed by atoms with E-state index < -0.39 is 11.5 Å². The Morgan fingerprint density at radius 3 is 2.74 bits per heavy atom. The Labute approximate surface area is 112 Å². The highest BCUT2D eigenvalue weighted by atomic mass is 16.5. The number of aryl methyl sites for hydroxylation is 1. The van der Waals surface area contributed by atoms with Crippen LogP contribution in [0.2, 0.25) is 0 Å². The first-order chi connectivity index (χ1) is 9.00. The van der Waals surface area contributed by atoms with Crippen molar-refractivity contribution in [3.63, 3.8) is 0 Å². The number of ketones is 1. The number of likely N-dealkylation sites (N-methyl/N-ethyl adjacent to an activating group) is 1. The average molecular weight is 257 g/mol. The Kier molecular flexibility index (Phi) is 3.05. The zero-order valence-corrected chi connectivity index (χ0v) is 11.2. The van der Waals surface area contributed by atoms with Crippen LogP contribution < -0.4 is 4.90 Å². The van der Waals surface area contributed by atoms with E-state index in [0.29, 0.717) is 11.3 Å². The van der Waals surface area contributed by atoms with Crippen molar-refractivity contribution in [1.29, 1.82) is 0 Å². The summed E-state index contributed by atoms with van der Waals surface area (Å²) >= 11 is 0. The number of carbonyl (C=O) groups is 2. The monoisotopic (exact) mass is 257 g/mol. The summed E-state index contributed by atoms with van der Waals surface area (Å²) in [6.07, 6.45) is 1.36. The maximum atomic E-state index is 12.7. The van der Waals surface area contributed by atoms with E-state index in [1.807, 2.05) is 25.1 Å².